The summed E-state index contributed by atoms with van der Waals surface area (Å²) in [7, 11) is 0. The number of hydrogen-bond acceptors (Lipinski definition) is 7. The number of ether oxygens (including phenoxy) is 1. The third-order valence-electron chi connectivity index (χ3n) is 3.36. The molecule has 0 saturated carbocycles. The van der Waals surface area contributed by atoms with Crippen LogP contribution >= 0.6 is 11.8 Å². The van der Waals surface area contributed by atoms with Crippen LogP contribution in [0.4, 0.5) is 5.69 Å². The summed E-state index contributed by atoms with van der Waals surface area (Å²) in [5.41, 5.74) is 1.27. The SMILES string of the molecule is O=C1CSC(=NN=Cc2ccc(OCc3ccccc3)c([N+](=O)[O-])c2)N1. The number of amidine groups is 1. The molecule has 0 radical (unpaired) electrons. The second kappa shape index (κ2) is 8.26. The number of thioether (sulfide) groups is 1. The van der Waals surface area contributed by atoms with Crippen molar-refractivity contribution in [2.45, 2.75) is 6.61 Å². The van der Waals surface area contributed by atoms with Gasteiger partial charge in [-0.2, -0.15) is 5.10 Å². The molecule has 0 spiro atoms. The molecule has 8 nitrogen and oxygen atoms in total. The fourth-order valence-corrected chi connectivity index (χ4v) is 2.77. The Morgan fingerprint density at radius 1 is 1.27 bits per heavy atom. The third-order valence-corrected chi connectivity index (χ3v) is 4.22. The molecule has 3 rings (SSSR count). The normalized spacial score (nSPS) is 15.4. The van der Waals surface area contributed by atoms with Crippen LogP contribution in [0.5, 0.6) is 5.75 Å². The molecule has 0 aliphatic carbocycles. The molecular formula is C17H14N4O4S. The molecule has 1 aliphatic heterocycles. The van der Waals surface area contributed by atoms with Gasteiger partial charge >= 0.3 is 5.69 Å². The van der Waals surface area contributed by atoms with Gasteiger partial charge in [0.25, 0.3) is 0 Å². The monoisotopic (exact) mass is 370 g/mol. The van der Waals surface area contributed by atoms with Crippen LogP contribution in [-0.4, -0.2) is 28.0 Å². The van der Waals surface area contributed by atoms with E-state index in [0.717, 1.165) is 5.56 Å². The van der Waals surface area contributed by atoms with Gasteiger partial charge in [-0.1, -0.05) is 42.1 Å². The largest absolute Gasteiger partial charge is 0.482 e. The van der Waals surface area contributed by atoms with Gasteiger partial charge in [0.1, 0.15) is 6.61 Å². The third kappa shape index (κ3) is 4.67. The molecule has 132 valence electrons. The number of rotatable bonds is 6. The Balaban J connectivity index is 1.72. The zero-order valence-electron chi connectivity index (χ0n) is 13.5. The van der Waals surface area contributed by atoms with E-state index in [4.69, 9.17) is 4.74 Å². The Labute approximate surface area is 153 Å². The molecule has 2 aromatic carbocycles. The van der Waals surface area contributed by atoms with Crippen LogP contribution in [0.3, 0.4) is 0 Å². The van der Waals surface area contributed by atoms with Gasteiger partial charge in [-0.25, -0.2) is 0 Å². The number of benzene rings is 2. The Hall–Kier alpha value is -3.20. The summed E-state index contributed by atoms with van der Waals surface area (Å²) in [6.45, 7) is 0.236. The first-order valence-corrected chi connectivity index (χ1v) is 8.59. The topological polar surface area (TPSA) is 106 Å². The lowest BCUT2D eigenvalue weighted by Gasteiger charge is -2.07. The van der Waals surface area contributed by atoms with Gasteiger partial charge in [-0.15, -0.1) is 5.10 Å². The summed E-state index contributed by atoms with van der Waals surface area (Å²) < 4.78 is 5.57. The van der Waals surface area contributed by atoms with Gasteiger partial charge < -0.3 is 10.1 Å². The Morgan fingerprint density at radius 2 is 2.08 bits per heavy atom. The number of nitro groups is 1. The van der Waals surface area contributed by atoms with Gasteiger partial charge in [-0.05, 0) is 17.7 Å². The van der Waals surface area contributed by atoms with E-state index in [1.165, 1.54) is 30.1 Å². The van der Waals surface area contributed by atoms with Crippen molar-refractivity contribution in [3.63, 3.8) is 0 Å². The van der Waals surface area contributed by atoms with E-state index >= 15 is 0 Å². The molecular weight excluding hydrogens is 356 g/mol. The first-order chi connectivity index (χ1) is 12.6. The van der Waals surface area contributed by atoms with Crippen LogP contribution < -0.4 is 10.1 Å². The van der Waals surface area contributed by atoms with E-state index in [2.05, 4.69) is 15.5 Å². The lowest BCUT2D eigenvalue weighted by atomic mass is 10.2. The molecule has 1 N–H and O–H groups in total. The van der Waals surface area contributed by atoms with E-state index in [1.54, 1.807) is 6.07 Å². The Bertz CT molecular complexity index is 884. The highest BCUT2D eigenvalue weighted by Gasteiger charge is 2.17. The molecule has 1 saturated heterocycles. The van der Waals surface area contributed by atoms with Crippen molar-refractivity contribution >= 4 is 34.7 Å². The number of amides is 1. The predicted octanol–water partition coefficient (Wildman–Crippen LogP) is 2.73. The van der Waals surface area contributed by atoms with Crippen LogP contribution in [0.25, 0.3) is 0 Å². The van der Waals surface area contributed by atoms with Crippen molar-refractivity contribution in [1.82, 2.24) is 5.32 Å². The summed E-state index contributed by atoms with van der Waals surface area (Å²) in [4.78, 5) is 21.9. The highest BCUT2D eigenvalue weighted by atomic mass is 32.2. The molecule has 1 amide bonds. The minimum Gasteiger partial charge on any atom is -0.482 e. The fraction of sp³-hybridized carbons (Fsp3) is 0.118. The van der Waals surface area contributed by atoms with E-state index in [1.807, 2.05) is 30.3 Å². The van der Waals surface area contributed by atoms with Crippen LogP contribution in [0.2, 0.25) is 0 Å². The zero-order chi connectivity index (χ0) is 18.4. The van der Waals surface area contributed by atoms with Gasteiger partial charge in [0.15, 0.2) is 10.9 Å². The van der Waals surface area contributed by atoms with Crippen LogP contribution in [0.15, 0.2) is 58.7 Å². The second-order valence-corrected chi connectivity index (χ2v) is 6.21. The molecule has 1 heterocycles. The van der Waals surface area contributed by atoms with Gasteiger partial charge in [0.2, 0.25) is 5.91 Å². The Kier molecular flexibility index (Phi) is 5.59. The quantitative estimate of drug-likeness (QED) is 0.478. The van der Waals surface area contributed by atoms with E-state index in [0.29, 0.717) is 16.5 Å². The summed E-state index contributed by atoms with van der Waals surface area (Å²) in [6.07, 6.45) is 1.38. The number of nitrogens with one attached hydrogen (secondary N) is 1. The number of carbonyl (C=O) groups excluding carboxylic acids is 1. The predicted molar refractivity (Wildman–Crippen MR) is 99.5 cm³/mol. The molecule has 2 aromatic rings. The van der Waals surface area contributed by atoms with Crippen molar-refractivity contribution in [2.75, 3.05) is 5.75 Å². The average Bonchev–Trinajstić information content (AvgIpc) is 3.06. The molecule has 0 unspecified atom stereocenters. The number of hydrogen-bond donors (Lipinski definition) is 1. The van der Waals surface area contributed by atoms with E-state index in [9.17, 15) is 14.9 Å². The first-order valence-electron chi connectivity index (χ1n) is 7.60. The summed E-state index contributed by atoms with van der Waals surface area (Å²) >= 11 is 1.25. The number of carbonyl (C=O) groups is 1. The van der Waals surface area contributed by atoms with E-state index < -0.39 is 4.92 Å². The standard InChI is InChI=1S/C17H14N4O4S/c22-16-11-26-17(19-16)20-18-9-13-6-7-15(14(8-13)21(23)24)25-10-12-4-2-1-3-5-12/h1-9H,10-11H2,(H,19,20,22). The van der Waals surface area contributed by atoms with Crippen LogP contribution in [0.1, 0.15) is 11.1 Å². The highest BCUT2D eigenvalue weighted by molar-refractivity contribution is 8.15. The van der Waals surface area contributed by atoms with Gasteiger partial charge in [0, 0.05) is 11.6 Å². The molecule has 26 heavy (non-hydrogen) atoms. The molecule has 0 aromatic heterocycles. The zero-order valence-corrected chi connectivity index (χ0v) is 14.3. The van der Waals surface area contributed by atoms with Crippen molar-refractivity contribution in [3.05, 3.63) is 69.8 Å². The molecule has 1 aliphatic rings. The fourth-order valence-electron chi connectivity index (χ4n) is 2.14. The van der Waals surface area contributed by atoms with Crippen LogP contribution in [-0.2, 0) is 11.4 Å². The summed E-state index contributed by atoms with van der Waals surface area (Å²) in [5.74, 6) is 0.369. The smallest absolute Gasteiger partial charge is 0.311 e. The minimum absolute atomic E-state index is 0.125. The highest BCUT2D eigenvalue weighted by Crippen LogP contribution is 2.28. The van der Waals surface area contributed by atoms with Gasteiger partial charge in [0.05, 0.1) is 16.9 Å². The lowest BCUT2D eigenvalue weighted by molar-refractivity contribution is -0.385. The first kappa shape index (κ1) is 17.6. The summed E-state index contributed by atoms with van der Waals surface area (Å²) in [6, 6.07) is 13.9. The Morgan fingerprint density at radius 3 is 2.77 bits per heavy atom. The van der Waals surface area contributed by atoms with Crippen molar-refractivity contribution in [2.24, 2.45) is 10.2 Å². The minimum atomic E-state index is -0.503. The maximum absolute atomic E-state index is 11.3. The molecule has 0 bridgehead atoms. The maximum atomic E-state index is 11.3. The van der Waals surface area contributed by atoms with Crippen molar-refractivity contribution in [1.29, 1.82) is 0 Å². The van der Waals surface area contributed by atoms with Crippen LogP contribution in [0, 0.1) is 10.1 Å². The average molecular weight is 370 g/mol. The number of nitrogens with zero attached hydrogens (tertiary/aromatic N) is 3. The summed E-state index contributed by atoms with van der Waals surface area (Å²) in [5, 5.41) is 22.0. The molecule has 9 heteroatoms. The number of nitro benzene ring substituents is 1. The molecule has 1 fully saturated rings. The van der Waals surface area contributed by atoms with Crippen molar-refractivity contribution in [3.8, 4) is 5.75 Å². The lowest BCUT2D eigenvalue weighted by Crippen LogP contribution is -2.19. The van der Waals surface area contributed by atoms with Gasteiger partial charge in [-0.3, -0.25) is 14.9 Å². The second-order valence-electron chi connectivity index (χ2n) is 5.25. The maximum Gasteiger partial charge on any atom is 0.311 e. The van der Waals surface area contributed by atoms with E-state index in [-0.39, 0.29) is 24.0 Å². The molecule has 0 atom stereocenters. The van der Waals surface area contributed by atoms with Crippen molar-refractivity contribution < 1.29 is 14.5 Å².